The van der Waals surface area contributed by atoms with Crippen molar-refractivity contribution in [3.8, 4) is 0 Å². The molecule has 2 rings (SSSR count). The molecule has 1 aliphatic heterocycles. The highest BCUT2D eigenvalue weighted by Crippen LogP contribution is 2.42. The number of carbonyl (C=O) groups excluding carboxylic acids is 1. The summed E-state index contributed by atoms with van der Waals surface area (Å²) >= 11 is 0. The van der Waals surface area contributed by atoms with Crippen LogP contribution in [0.15, 0.2) is 0 Å². The Morgan fingerprint density at radius 1 is 1.14 bits per heavy atom. The van der Waals surface area contributed by atoms with Crippen LogP contribution in [0.4, 0.5) is 0 Å². The zero-order valence-corrected chi connectivity index (χ0v) is 13.1. The summed E-state index contributed by atoms with van der Waals surface area (Å²) < 4.78 is 0. The van der Waals surface area contributed by atoms with Crippen molar-refractivity contribution >= 4 is 11.9 Å². The molecule has 0 aromatic heterocycles. The number of carboxylic acid groups (broad SMARTS) is 1. The van der Waals surface area contributed by atoms with Crippen LogP contribution in [0.1, 0.15) is 58.8 Å². The monoisotopic (exact) mass is 297 g/mol. The summed E-state index contributed by atoms with van der Waals surface area (Å²) in [5.74, 6) is -0.649. The van der Waals surface area contributed by atoms with Gasteiger partial charge in [0.2, 0.25) is 5.91 Å². The Morgan fingerprint density at radius 2 is 1.76 bits per heavy atom. The molecule has 1 aliphatic carbocycles. The summed E-state index contributed by atoms with van der Waals surface area (Å²) in [4.78, 5) is 25.2. The van der Waals surface area contributed by atoms with E-state index in [4.69, 9.17) is 5.11 Å². The number of hydrogen-bond donors (Lipinski definition) is 2. The van der Waals surface area contributed by atoms with Gasteiger partial charge in [-0.2, -0.15) is 0 Å². The normalized spacial score (nSPS) is 28.1. The SMILES string of the molecule is CC1(C)CCCCC1CC(=O)N1CCC(O)(C(=O)O)CC1. The average Bonchev–Trinajstić information content (AvgIpc) is 2.41. The minimum atomic E-state index is -1.65. The van der Waals surface area contributed by atoms with E-state index in [0.717, 1.165) is 6.42 Å². The first-order valence-corrected chi connectivity index (χ1v) is 7.98. The lowest BCUT2D eigenvalue weighted by Gasteiger charge is -2.40. The molecule has 1 unspecified atom stereocenters. The third-order valence-electron chi connectivity index (χ3n) is 5.49. The Balaban J connectivity index is 1.89. The van der Waals surface area contributed by atoms with Crippen LogP contribution in [0, 0.1) is 11.3 Å². The Bertz CT molecular complexity index is 411. The van der Waals surface area contributed by atoms with Crippen molar-refractivity contribution in [2.45, 2.75) is 64.4 Å². The number of aliphatic carboxylic acids is 1. The van der Waals surface area contributed by atoms with Gasteiger partial charge in [-0.05, 0) is 24.2 Å². The quantitative estimate of drug-likeness (QED) is 0.835. The van der Waals surface area contributed by atoms with Gasteiger partial charge in [0.1, 0.15) is 0 Å². The molecular weight excluding hydrogens is 270 g/mol. The predicted molar refractivity (Wildman–Crippen MR) is 78.8 cm³/mol. The van der Waals surface area contributed by atoms with E-state index in [0.29, 0.717) is 25.4 Å². The zero-order valence-electron chi connectivity index (χ0n) is 13.1. The minimum Gasteiger partial charge on any atom is -0.479 e. The molecule has 0 bridgehead atoms. The molecule has 0 aromatic carbocycles. The number of nitrogens with zero attached hydrogens (tertiary/aromatic N) is 1. The van der Waals surface area contributed by atoms with Crippen LogP contribution in [0.3, 0.4) is 0 Å². The summed E-state index contributed by atoms with van der Waals surface area (Å²) in [6.45, 7) is 5.16. The maximum Gasteiger partial charge on any atom is 0.335 e. The van der Waals surface area contributed by atoms with Gasteiger partial charge in [-0.25, -0.2) is 4.79 Å². The van der Waals surface area contributed by atoms with Crippen LogP contribution in [0.2, 0.25) is 0 Å². The number of carbonyl (C=O) groups is 2. The molecule has 0 radical (unpaired) electrons. The zero-order chi connectivity index (χ0) is 15.7. The van der Waals surface area contributed by atoms with Crippen LogP contribution in [0.25, 0.3) is 0 Å². The van der Waals surface area contributed by atoms with Crippen molar-refractivity contribution in [3.05, 3.63) is 0 Å². The first-order chi connectivity index (χ1) is 9.74. The molecule has 1 saturated heterocycles. The Kier molecular flexibility index (Phi) is 4.61. The van der Waals surface area contributed by atoms with Gasteiger partial charge < -0.3 is 15.1 Å². The number of carboxylic acids is 1. The van der Waals surface area contributed by atoms with E-state index in [1.54, 1.807) is 4.90 Å². The highest BCUT2D eigenvalue weighted by Gasteiger charge is 2.41. The van der Waals surface area contributed by atoms with E-state index >= 15 is 0 Å². The van der Waals surface area contributed by atoms with Gasteiger partial charge in [-0.15, -0.1) is 0 Å². The van der Waals surface area contributed by atoms with Crippen molar-refractivity contribution in [3.63, 3.8) is 0 Å². The maximum absolute atomic E-state index is 12.4. The number of rotatable bonds is 3. The standard InChI is InChI=1S/C16H27NO4/c1-15(2)6-4-3-5-12(15)11-13(18)17-9-7-16(21,8-10-17)14(19)20/h12,21H,3-11H2,1-2H3,(H,19,20). The lowest BCUT2D eigenvalue weighted by atomic mass is 9.67. The lowest BCUT2D eigenvalue weighted by Crippen LogP contribution is -2.51. The molecular formula is C16H27NO4. The first kappa shape index (κ1) is 16.3. The van der Waals surface area contributed by atoms with Gasteiger partial charge in [-0.1, -0.05) is 26.7 Å². The summed E-state index contributed by atoms with van der Waals surface area (Å²) in [6, 6.07) is 0. The molecule has 2 fully saturated rings. The molecule has 120 valence electrons. The van der Waals surface area contributed by atoms with Crippen molar-refractivity contribution in [1.82, 2.24) is 4.90 Å². The van der Waals surface area contributed by atoms with E-state index in [1.807, 2.05) is 0 Å². The van der Waals surface area contributed by atoms with Crippen LogP contribution >= 0.6 is 0 Å². The topological polar surface area (TPSA) is 77.8 Å². The van der Waals surface area contributed by atoms with Gasteiger partial charge in [0.05, 0.1) is 0 Å². The van der Waals surface area contributed by atoms with E-state index in [2.05, 4.69) is 13.8 Å². The number of amides is 1. The van der Waals surface area contributed by atoms with Crippen LogP contribution in [-0.4, -0.2) is 45.7 Å². The van der Waals surface area contributed by atoms with Crippen molar-refractivity contribution in [2.75, 3.05) is 13.1 Å². The van der Waals surface area contributed by atoms with Gasteiger partial charge in [0.15, 0.2) is 5.60 Å². The Morgan fingerprint density at radius 3 is 2.29 bits per heavy atom. The second-order valence-electron chi connectivity index (χ2n) is 7.35. The molecule has 2 aliphatic rings. The largest absolute Gasteiger partial charge is 0.479 e. The third-order valence-corrected chi connectivity index (χ3v) is 5.49. The van der Waals surface area contributed by atoms with Gasteiger partial charge in [0, 0.05) is 32.4 Å². The molecule has 21 heavy (non-hydrogen) atoms. The van der Waals surface area contributed by atoms with Gasteiger partial charge in [-0.3, -0.25) is 4.79 Å². The minimum absolute atomic E-state index is 0.113. The van der Waals surface area contributed by atoms with E-state index < -0.39 is 11.6 Å². The molecule has 0 aromatic rings. The third kappa shape index (κ3) is 3.57. The van der Waals surface area contributed by atoms with Crippen LogP contribution in [-0.2, 0) is 9.59 Å². The number of piperidine rings is 1. The summed E-state index contributed by atoms with van der Waals surface area (Å²) in [6.07, 6.45) is 5.52. The predicted octanol–water partition coefficient (Wildman–Crippen LogP) is 2.03. The van der Waals surface area contributed by atoms with E-state index in [1.165, 1.54) is 19.3 Å². The fourth-order valence-corrected chi connectivity index (χ4v) is 3.62. The van der Waals surface area contributed by atoms with Crippen LogP contribution < -0.4 is 0 Å². The molecule has 1 amide bonds. The lowest BCUT2D eigenvalue weighted by molar-refractivity contribution is -0.165. The smallest absolute Gasteiger partial charge is 0.335 e. The first-order valence-electron chi connectivity index (χ1n) is 7.98. The molecule has 0 spiro atoms. The average molecular weight is 297 g/mol. The molecule has 1 atom stereocenters. The van der Waals surface area contributed by atoms with Gasteiger partial charge >= 0.3 is 5.97 Å². The Labute approximate surface area is 126 Å². The Hall–Kier alpha value is -1.10. The highest BCUT2D eigenvalue weighted by atomic mass is 16.4. The number of aliphatic hydroxyl groups is 1. The van der Waals surface area contributed by atoms with E-state index in [-0.39, 0.29) is 24.2 Å². The maximum atomic E-state index is 12.4. The van der Waals surface area contributed by atoms with Gasteiger partial charge in [0.25, 0.3) is 0 Å². The van der Waals surface area contributed by atoms with Crippen molar-refractivity contribution in [2.24, 2.45) is 11.3 Å². The van der Waals surface area contributed by atoms with Crippen LogP contribution in [0.5, 0.6) is 0 Å². The molecule has 1 saturated carbocycles. The number of hydrogen-bond acceptors (Lipinski definition) is 3. The summed E-state index contributed by atoms with van der Waals surface area (Å²) in [5, 5.41) is 18.9. The number of likely N-dealkylation sites (tertiary alicyclic amines) is 1. The summed E-state index contributed by atoms with van der Waals surface area (Å²) in [5.41, 5.74) is -1.44. The van der Waals surface area contributed by atoms with E-state index in [9.17, 15) is 14.7 Å². The highest BCUT2D eigenvalue weighted by molar-refractivity contribution is 5.79. The summed E-state index contributed by atoms with van der Waals surface area (Å²) in [7, 11) is 0. The molecule has 5 nitrogen and oxygen atoms in total. The molecule has 2 N–H and O–H groups in total. The fourth-order valence-electron chi connectivity index (χ4n) is 3.62. The molecule has 5 heteroatoms. The van der Waals surface area contributed by atoms with Crippen molar-refractivity contribution < 1.29 is 19.8 Å². The molecule has 1 heterocycles. The van der Waals surface area contributed by atoms with Crippen molar-refractivity contribution in [1.29, 1.82) is 0 Å². The second kappa shape index (κ2) is 5.95. The second-order valence-corrected chi connectivity index (χ2v) is 7.35. The fraction of sp³-hybridized carbons (Fsp3) is 0.875.